The number of hydrogen-bond acceptors (Lipinski definition) is 5. The monoisotopic (exact) mass is 292 g/mol. The summed E-state index contributed by atoms with van der Waals surface area (Å²) in [5, 5.41) is 0. The minimum absolute atomic E-state index is 0.316. The number of ether oxygens (including phenoxy) is 4. The van der Waals surface area contributed by atoms with Crippen LogP contribution in [0.1, 0.15) is 12.0 Å². The zero-order valence-corrected chi connectivity index (χ0v) is 12.5. The van der Waals surface area contributed by atoms with Gasteiger partial charge in [0, 0.05) is 18.7 Å². The summed E-state index contributed by atoms with van der Waals surface area (Å²) in [4.78, 5) is 11.2. The molecule has 21 heavy (non-hydrogen) atoms. The normalized spacial score (nSPS) is 20.1. The summed E-state index contributed by atoms with van der Waals surface area (Å²) in [6, 6.07) is 5.73. The summed E-state index contributed by atoms with van der Waals surface area (Å²) in [5.41, 5.74) is 0.724. The molecule has 1 aromatic carbocycles. The Balaban J connectivity index is 2.28. The highest BCUT2D eigenvalue weighted by atomic mass is 16.5. The zero-order valence-electron chi connectivity index (χ0n) is 12.5. The van der Waals surface area contributed by atoms with Gasteiger partial charge in [0.1, 0.15) is 18.1 Å². The van der Waals surface area contributed by atoms with Gasteiger partial charge in [-0.3, -0.25) is 0 Å². The van der Waals surface area contributed by atoms with Gasteiger partial charge in [0.05, 0.1) is 26.2 Å². The van der Waals surface area contributed by atoms with E-state index in [1.54, 1.807) is 20.3 Å². The molecular formula is C16H20O5. The first kappa shape index (κ1) is 15.4. The van der Waals surface area contributed by atoms with Crippen molar-refractivity contribution in [3.05, 3.63) is 35.9 Å². The molecule has 0 amide bonds. The lowest BCUT2D eigenvalue weighted by atomic mass is 9.80. The molecule has 1 unspecified atom stereocenters. The van der Waals surface area contributed by atoms with Crippen molar-refractivity contribution >= 4 is 5.97 Å². The van der Waals surface area contributed by atoms with Crippen LogP contribution in [0.15, 0.2) is 30.4 Å². The zero-order chi connectivity index (χ0) is 15.3. The fourth-order valence-electron chi connectivity index (χ4n) is 2.54. The summed E-state index contributed by atoms with van der Waals surface area (Å²) in [7, 11) is 4.65. The standard InChI is InChI=1S/C16H20O5/c1-18-10-16(8-4-5-15(17)20-3)11-21-14-7-6-12(19-2)9-13(14)16/h4-7,9H,8,10-11H2,1-3H3/b5-4+. The summed E-state index contributed by atoms with van der Waals surface area (Å²) in [6.07, 6.45) is 3.84. The molecule has 0 bridgehead atoms. The summed E-state index contributed by atoms with van der Waals surface area (Å²) < 4.78 is 21.0. The van der Waals surface area contributed by atoms with E-state index in [0.29, 0.717) is 19.6 Å². The number of carbonyl (C=O) groups is 1. The van der Waals surface area contributed by atoms with Crippen LogP contribution < -0.4 is 9.47 Å². The van der Waals surface area contributed by atoms with Crippen LogP contribution in [0.5, 0.6) is 11.5 Å². The maximum atomic E-state index is 11.2. The third-order valence-corrected chi connectivity index (χ3v) is 3.65. The predicted octanol–water partition coefficient (Wildman–Crippen LogP) is 2.09. The topological polar surface area (TPSA) is 54.0 Å². The van der Waals surface area contributed by atoms with Gasteiger partial charge in [-0.1, -0.05) is 6.08 Å². The van der Waals surface area contributed by atoms with E-state index in [1.807, 2.05) is 18.2 Å². The van der Waals surface area contributed by atoms with Crippen LogP contribution >= 0.6 is 0 Å². The molecule has 2 rings (SSSR count). The van der Waals surface area contributed by atoms with E-state index in [0.717, 1.165) is 17.1 Å². The highest BCUT2D eigenvalue weighted by Crippen LogP contribution is 2.43. The average molecular weight is 292 g/mol. The Kier molecular flexibility index (Phi) is 4.85. The Morgan fingerprint density at radius 2 is 2.19 bits per heavy atom. The van der Waals surface area contributed by atoms with Crippen LogP contribution in [0.25, 0.3) is 0 Å². The van der Waals surface area contributed by atoms with Gasteiger partial charge in [-0.05, 0) is 24.6 Å². The van der Waals surface area contributed by atoms with E-state index < -0.39 is 0 Å². The van der Waals surface area contributed by atoms with E-state index in [4.69, 9.17) is 14.2 Å². The van der Waals surface area contributed by atoms with E-state index in [1.165, 1.54) is 13.2 Å². The van der Waals surface area contributed by atoms with Gasteiger partial charge >= 0.3 is 5.97 Å². The predicted molar refractivity (Wildman–Crippen MR) is 77.8 cm³/mol. The summed E-state index contributed by atoms with van der Waals surface area (Å²) in [5.74, 6) is 1.24. The fraction of sp³-hybridized carbons (Fsp3) is 0.438. The smallest absolute Gasteiger partial charge is 0.330 e. The average Bonchev–Trinajstić information content (AvgIpc) is 2.86. The van der Waals surface area contributed by atoms with Gasteiger partial charge < -0.3 is 18.9 Å². The van der Waals surface area contributed by atoms with Crippen molar-refractivity contribution in [1.82, 2.24) is 0 Å². The van der Waals surface area contributed by atoms with Crippen LogP contribution in [0.3, 0.4) is 0 Å². The second-order valence-electron chi connectivity index (χ2n) is 4.99. The molecule has 5 nitrogen and oxygen atoms in total. The number of fused-ring (bicyclic) bond motifs is 1. The summed E-state index contributed by atoms with van der Waals surface area (Å²) >= 11 is 0. The molecule has 1 heterocycles. The molecule has 1 aliphatic heterocycles. The lowest BCUT2D eigenvalue weighted by molar-refractivity contribution is -0.134. The molecule has 0 radical (unpaired) electrons. The van der Waals surface area contributed by atoms with Gasteiger partial charge in [-0.25, -0.2) is 4.79 Å². The molecule has 1 aromatic rings. The van der Waals surface area contributed by atoms with Crippen molar-refractivity contribution in [2.24, 2.45) is 0 Å². The highest BCUT2D eigenvalue weighted by molar-refractivity contribution is 5.81. The van der Waals surface area contributed by atoms with E-state index in [2.05, 4.69) is 4.74 Å². The minimum atomic E-state index is -0.368. The third kappa shape index (κ3) is 3.19. The van der Waals surface area contributed by atoms with Crippen LogP contribution in [0.2, 0.25) is 0 Å². The molecule has 0 aliphatic carbocycles. The van der Waals surface area contributed by atoms with Crippen molar-refractivity contribution in [2.45, 2.75) is 11.8 Å². The molecule has 0 saturated heterocycles. The molecule has 5 heteroatoms. The van der Waals surface area contributed by atoms with Gasteiger partial charge in [0.15, 0.2) is 0 Å². The lowest BCUT2D eigenvalue weighted by Gasteiger charge is -2.25. The molecule has 0 saturated carbocycles. The van der Waals surface area contributed by atoms with E-state index in [-0.39, 0.29) is 11.4 Å². The van der Waals surface area contributed by atoms with Gasteiger partial charge in [-0.15, -0.1) is 0 Å². The molecule has 1 atom stereocenters. The van der Waals surface area contributed by atoms with Crippen LogP contribution in [0.4, 0.5) is 0 Å². The second kappa shape index (κ2) is 6.63. The number of benzene rings is 1. The number of allylic oxidation sites excluding steroid dienone is 1. The first-order chi connectivity index (χ1) is 10.1. The first-order valence-corrected chi connectivity index (χ1v) is 6.70. The number of rotatable bonds is 6. The SMILES string of the molecule is COCC1(C/C=C/C(=O)OC)COc2ccc(OC)cc21. The molecule has 114 valence electrons. The minimum Gasteiger partial charge on any atom is -0.497 e. The Morgan fingerprint density at radius 1 is 1.38 bits per heavy atom. The molecule has 0 aromatic heterocycles. The fourth-order valence-corrected chi connectivity index (χ4v) is 2.54. The van der Waals surface area contributed by atoms with Crippen molar-refractivity contribution in [1.29, 1.82) is 0 Å². The molecule has 0 fully saturated rings. The van der Waals surface area contributed by atoms with Crippen molar-refractivity contribution in [2.75, 3.05) is 34.5 Å². The Bertz CT molecular complexity index is 533. The van der Waals surface area contributed by atoms with Crippen molar-refractivity contribution in [3.63, 3.8) is 0 Å². The summed E-state index contributed by atoms with van der Waals surface area (Å²) in [6.45, 7) is 1.01. The van der Waals surface area contributed by atoms with Crippen molar-refractivity contribution < 1.29 is 23.7 Å². The van der Waals surface area contributed by atoms with Crippen molar-refractivity contribution in [3.8, 4) is 11.5 Å². The van der Waals surface area contributed by atoms with Gasteiger partial charge in [0.25, 0.3) is 0 Å². The largest absolute Gasteiger partial charge is 0.497 e. The van der Waals surface area contributed by atoms with Crippen LogP contribution in [0, 0.1) is 0 Å². The highest BCUT2D eigenvalue weighted by Gasteiger charge is 2.40. The second-order valence-corrected chi connectivity index (χ2v) is 4.99. The number of esters is 1. The van der Waals surface area contributed by atoms with E-state index >= 15 is 0 Å². The van der Waals surface area contributed by atoms with Gasteiger partial charge in [-0.2, -0.15) is 0 Å². The number of hydrogen-bond donors (Lipinski definition) is 0. The number of carbonyl (C=O) groups excluding carboxylic acids is 1. The molecule has 0 N–H and O–H groups in total. The Hall–Kier alpha value is -2.01. The maximum Gasteiger partial charge on any atom is 0.330 e. The third-order valence-electron chi connectivity index (χ3n) is 3.65. The quantitative estimate of drug-likeness (QED) is 0.593. The Morgan fingerprint density at radius 3 is 2.86 bits per heavy atom. The Labute approximate surface area is 124 Å². The van der Waals surface area contributed by atoms with Crippen LogP contribution in [-0.2, 0) is 19.7 Å². The number of methoxy groups -OCH3 is 3. The lowest BCUT2D eigenvalue weighted by Crippen LogP contribution is -2.33. The first-order valence-electron chi connectivity index (χ1n) is 6.70. The van der Waals surface area contributed by atoms with Crippen LogP contribution in [-0.4, -0.2) is 40.5 Å². The van der Waals surface area contributed by atoms with E-state index in [9.17, 15) is 4.79 Å². The maximum absolute atomic E-state index is 11.2. The van der Waals surface area contributed by atoms with Gasteiger partial charge in [0.2, 0.25) is 0 Å². The molecular weight excluding hydrogens is 272 g/mol. The molecule has 0 spiro atoms. The molecule has 1 aliphatic rings.